The van der Waals surface area contributed by atoms with Crippen molar-refractivity contribution in [3.8, 4) is 0 Å². The SMILES string of the molecule is CC1CN(CCn2cc(C(=O)NN)nn2)CC1N(C)C. The summed E-state index contributed by atoms with van der Waals surface area (Å²) in [7, 11) is 4.25. The maximum absolute atomic E-state index is 11.3. The van der Waals surface area contributed by atoms with E-state index in [0.29, 0.717) is 12.0 Å². The average Bonchev–Trinajstić information content (AvgIpc) is 3.02. The Morgan fingerprint density at radius 3 is 2.85 bits per heavy atom. The van der Waals surface area contributed by atoms with Gasteiger partial charge in [0, 0.05) is 25.7 Å². The highest BCUT2D eigenvalue weighted by Crippen LogP contribution is 2.19. The van der Waals surface area contributed by atoms with Crippen LogP contribution in [0.2, 0.25) is 0 Å². The summed E-state index contributed by atoms with van der Waals surface area (Å²) in [4.78, 5) is 16.0. The van der Waals surface area contributed by atoms with Gasteiger partial charge < -0.3 is 4.90 Å². The van der Waals surface area contributed by atoms with Gasteiger partial charge in [-0.2, -0.15) is 0 Å². The van der Waals surface area contributed by atoms with Gasteiger partial charge in [-0.05, 0) is 20.0 Å². The molecule has 112 valence electrons. The van der Waals surface area contributed by atoms with E-state index in [0.717, 1.165) is 26.2 Å². The van der Waals surface area contributed by atoms with Gasteiger partial charge in [-0.1, -0.05) is 12.1 Å². The highest BCUT2D eigenvalue weighted by molar-refractivity contribution is 5.91. The first kappa shape index (κ1) is 14.9. The summed E-state index contributed by atoms with van der Waals surface area (Å²) < 4.78 is 1.68. The van der Waals surface area contributed by atoms with E-state index in [2.05, 4.69) is 41.1 Å². The number of nitrogens with two attached hydrogens (primary N) is 1. The van der Waals surface area contributed by atoms with E-state index in [1.54, 1.807) is 10.9 Å². The van der Waals surface area contributed by atoms with Crippen LogP contribution < -0.4 is 11.3 Å². The van der Waals surface area contributed by atoms with Crippen LogP contribution in [0.3, 0.4) is 0 Å². The van der Waals surface area contributed by atoms with E-state index in [1.807, 2.05) is 5.43 Å². The van der Waals surface area contributed by atoms with Crippen LogP contribution >= 0.6 is 0 Å². The molecule has 1 saturated heterocycles. The van der Waals surface area contributed by atoms with Crippen LogP contribution in [0.15, 0.2) is 6.20 Å². The molecular formula is C12H23N7O. The molecule has 2 heterocycles. The van der Waals surface area contributed by atoms with Gasteiger partial charge in [0.25, 0.3) is 5.91 Å². The summed E-state index contributed by atoms with van der Waals surface area (Å²) in [5.74, 6) is 5.30. The smallest absolute Gasteiger partial charge is 0.287 e. The van der Waals surface area contributed by atoms with Gasteiger partial charge in [-0.3, -0.25) is 19.8 Å². The third kappa shape index (κ3) is 3.33. The van der Waals surface area contributed by atoms with Gasteiger partial charge in [0.05, 0.1) is 12.7 Å². The fourth-order valence-corrected chi connectivity index (χ4v) is 2.73. The molecule has 0 spiro atoms. The zero-order valence-electron chi connectivity index (χ0n) is 12.3. The van der Waals surface area contributed by atoms with Crippen molar-refractivity contribution >= 4 is 5.91 Å². The predicted octanol–water partition coefficient (Wildman–Crippen LogP) is -1.24. The Labute approximate surface area is 118 Å². The Morgan fingerprint density at radius 1 is 1.50 bits per heavy atom. The van der Waals surface area contributed by atoms with Gasteiger partial charge in [0.15, 0.2) is 5.69 Å². The average molecular weight is 281 g/mol. The van der Waals surface area contributed by atoms with Crippen molar-refractivity contribution in [2.75, 3.05) is 33.7 Å². The molecule has 1 fully saturated rings. The Morgan fingerprint density at radius 2 is 2.25 bits per heavy atom. The summed E-state index contributed by atoms with van der Waals surface area (Å²) in [6, 6.07) is 0.601. The van der Waals surface area contributed by atoms with Gasteiger partial charge in [0.2, 0.25) is 0 Å². The molecular weight excluding hydrogens is 258 g/mol. The highest BCUT2D eigenvalue weighted by atomic mass is 16.2. The molecule has 1 aliphatic heterocycles. The second-order valence-corrected chi connectivity index (χ2v) is 5.61. The van der Waals surface area contributed by atoms with Crippen molar-refractivity contribution in [2.45, 2.75) is 19.5 Å². The molecule has 8 nitrogen and oxygen atoms in total. The summed E-state index contributed by atoms with van der Waals surface area (Å²) in [5.41, 5.74) is 2.29. The number of nitrogen functional groups attached to an aromatic ring is 1. The Kier molecular flexibility index (Phi) is 4.69. The largest absolute Gasteiger partial charge is 0.305 e. The number of hydrazine groups is 1. The summed E-state index contributed by atoms with van der Waals surface area (Å²) in [6.45, 7) is 6.07. The van der Waals surface area contributed by atoms with Crippen LogP contribution in [0.5, 0.6) is 0 Å². The number of likely N-dealkylation sites (tertiary alicyclic amines) is 1. The monoisotopic (exact) mass is 281 g/mol. The molecule has 0 saturated carbocycles. The topological polar surface area (TPSA) is 92.3 Å². The number of nitrogens with zero attached hydrogens (tertiary/aromatic N) is 5. The lowest BCUT2D eigenvalue weighted by Crippen LogP contribution is -2.34. The van der Waals surface area contributed by atoms with Gasteiger partial charge >= 0.3 is 0 Å². The third-order valence-corrected chi connectivity index (χ3v) is 3.86. The Balaban J connectivity index is 1.84. The van der Waals surface area contributed by atoms with E-state index in [-0.39, 0.29) is 5.69 Å². The maximum atomic E-state index is 11.3. The van der Waals surface area contributed by atoms with Crippen LogP contribution in [-0.4, -0.2) is 70.5 Å². The lowest BCUT2D eigenvalue weighted by atomic mass is 10.1. The molecule has 1 amide bonds. The van der Waals surface area contributed by atoms with E-state index < -0.39 is 5.91 Å². The van der Waals surface area contributed by atoms with Crippen LogP contribution in [-0.2, 0) is 6.54 Å². The number of hydrogen-bond donors (Lipinski definition) is 2. The minimum absolute atomic E-state index is 0.244. The van der Waals surface area contributed by atoms with Gasteiger partial charge in [0.1, 0.15) is 0 Å². The maximum Gasteiger partial charge on any atom is 0.287 e. The first-order valence-corrected chi connectivity index (χ1v) is 6.81. The molecule has 2 rings (SSSR count). The summed E-state index contributed by atoms with van der Waals surface area (Å²) >= 11 is 0. The fourth-order valence-electron chi connectivity index (χ4n) is 2.73. The van der Waals surface area contributed by atoms with E-state index in [4.69, 9.17) is 5.84 Å². The third-order valence-electron chi connectivity index (χ3n) is 3.86. The number of nitrogens with one attached hydrogen (secondary N) is 1. The van der Waals surface area contributed by atoms with Crippen molar-refractivity contribution in [3.05, 3.63) is 11.9 Å². The number of likely N-dealkylation sites (N-methyl/N-ethyl adjacent to an activating group) is 1. The number of amides is 1. The number of carbonyl (C=O) groups is 1. The number of carbonyl (C=O) groups excluding carboxylic acids is 1. The molecule has 0 aromatic carbocycles. The minimum atomic E-state index is -0.418. The molecule has 8 heteroatoms. The quantitative estimate of drug-likeness (QED) is 0.399. The Bertz CT molecular complexity index is 458. The highest BCUT2D eigenvalue weighted by Gasteiger charge is 2.30. The zero-order valence-corrected chi connectivity index (χ0v) is 12.3. The van der Waals surface area contributed by atoms with E-state index in [1.165, 1.54) is 0 Å². The van der Waals surface area contributed by atoms with E-state index >= 15 is 0 Å². The van der Waals surface area contributed by atoms with Crippen molar-refractivity contribution < 1.29 is 4.79 Å². The molecule has 0 radical (unpaired) electrons. The second-order valence-electron chi connectivity index (χ2n) is 5.61. The number of rotatable bonds is 5. The normalized spacial score (nSPS) is 23.4. The van der Waals surface area contributed by atoms with Crippen LogP contribution in [0, 0.1) is 5.92 Å². The standard InChI is InChI=1S/C12H23N7O/c1-9-6-18(8-11(9)17(2)3)4-5-19-7-10(15-16-19)12(20)14-13/h7,9,11H,4-6,8,13H2,1-3H3,(H,14,20). The first-order chi connectivity index (χ1) is 9.51. The molecule has 1 aromatic rings. The van der Waals surface area contributed by atoms with Gasteiger partial charge in [-0.25, -0.2) is 5.84 Å². The Hall–Kier alpha value is -1.51. The fraction of sp³-hybridized carbons (Fsp3) is 0.750. The molecule has 1 aliphatic rings. The van der Waals surface area contributed by atoms with Crippen molar-refractivity contribution in [3.63, 3.8) is 0 Å². The number of hydrogen-bond acceptors (Lipinski definition) is 6. The lowest BCUT2D eigenvalue weighted by molar-refractivity contribution is 0.0948. The number of aromatic nitrogens is 3. The predicted molar refractivity (Wildman–Crippen MR) is 74.8 cm³/mol. The summed E-state index contributed by atoms with van der Waals surface area (Å²) in [5, 5.41) is 7.72. The molecule has 0 aliphatic carbocycles. The van der Waals surface area contributed by atoms with Crippen LogP contribution in [0.4, 0.5) is 0 Å². The molecule has 2 atom stereocenters. The van der Waals surface area contributed by atoms with Crippen molar-refractivity contribution in [1.29, 1.82) is 0 Å². The first-order valence-electron chi connectivity index (χ1n) is 6.81. The van der Waals surface area contributed by atoms with Crippen LogP contribution in [0.25, 0.3) is 0 Å². The van der Waals surface area contributed by atoms with E-state index in [9.17, 15) is 4.79 Å². The molecule has 3 N–H and O–H groups in total. The second kappa shape index (κ2) is 6.29. The summed E-state index contributed by atoms with van der Waals surface area (Å²) in [6.07, 6.45) is 1.62. The molecule has 0 bridgehead atoms. The molecule has 1 aromatic heterocycles. The molecule has 20 heavy (non-hydrogen) atoms. The zero-order chi connectivity index (χ0) is 14.7. The minimum Gasteiger partial charge on any atom is -0.305 e. The van der Waals surface area contributed by atoms with Crippen LogP contribution in [0.1, 0.15) is 17.4 Å². The molecule has 2 unspecified atom stereocenters. The van der Waals surface area contributed by atoms with Gasteiger partial charge in [-0.15, -0.1) is 5.10 Å². The van der Waals surface area contributed by atoms with Crippen molar-refractivity contribution in [1.82, 2.24) is 30.2 Å². The van der Waals surface area contributed by atoms with Crippen molar-refractivity contribution in [2.24, 2.45) is 11.8 Å². The lowest BCUT2D eigenvalue weighted by Gasteiger charge is -2.22.